The highest BCUT2D eigenvalue weighted by atomic mass is 16.4. The van der Waals surface area contributed by atoms with Gasteiger partial charge in [-0.1, -0.05) is 37.3 Å². The summed E-state index contributed by atoms with van der Waals surface area (Å²) in [5, 5.41) is 9.15. The number of benzene rings is 1. The SMILES string of the molecule is CC1CCc2c(cc(-c3ccccc3)n2-c2ccc(C(=O)O)o2)C1. The number of aromatic carboxylic acids is 1. The number of hydrogen-bond acceptors (Lipinski definition) is 2. The van der Waals surface area contributed by atoms with Crippen LogP contribution in [0.2, 0.25) is 0 Å². The van der Waals surface area contributed by atoms with Crippen LogP contribution < -0.4 is 0 Å². The minimum Gasteiger partial charge on any atom is -0.475 e. The van der Waals surface area contributed by atoms with Gasteiger partial charge in [-0.2, -0.15) is 0 Å². The third-order valence-electron chi connectivity index (χ3n) is 4.73. The Labute approximate surface area is 140 Å². The van der Waals surface area contributed by atoms with Gasteiger partial charge in [-0.15, -0.1) is 0 Å². The summed E-state index contributed by atoms with van der Waals surface area (Å²) >= 11 is 0. The predicted molar refractivity (Wildman–Crippen MR) is 91.6 cm³/mol. The maximum atomic E-state index is 11.2. The molecule has 0 saturated heterocycles. The van der Waals surface area contributed by atoms with Crippen LogP contribution in [0.3, 0.4) is 0 Å². The molecule has 0 saturated carbocycles. The van der Waals surface area contributed by atoms with Gasteiger partial charge < -0.3 is 9.52 Å². The fraction of sp³-hybridized carbons (Fsp3) is 0.250. The number of aromatic nitrogens is 1. The molecule has 1 aliphatic rings. The number of rotatable bonds is 3. The molecular formula is C20H19NO3. The van der Waals surface area contributed by atoms with E-state index < -0.39 is 5.97 Å². The zero-order valence-corrected chi connectivity index (χ0v) is 13.5. The number of fused-ring (bicyclic) bond motifs is 1. The second-order valence-corrected chi connectivity index (χ2v) is 6.49. The number of carboxylic acids is 1. The van der Waals surface area contributed by atoms with Crippen molar-refractivity contribution in [3.63, 3.8) is 0 Å². The third-order valence-corrected chi connectivity index (χ3v) is 4.73. The van der Waals surface area contributed by atoms with Crippen LogP contribution in [0, 0.1) is 5.92 Å². The van der Waals surface area contributed by atoms with E-state index in [4.69, 9.17) is 9.52 Å². The summed E-state index contributed by atoms with van der Waals surface area (Å²) in [5.74, 6) is 0.165. The van der Waals surface area contributed by atoms with Crippen molar-refractivity contribution in [2.24, 2.45) is 5.92 Å². The van der Waals surface area contributed by atoms with E-state index in [2.05, 4.69) is 29.7 Å². The standard InChI is InChI=1S/C20H19NO3/c1-13-7-8-16-15(11-13)12-17(14-5-3-2-4-6-14)21(16)19-10-9-18(24-19)20(22)23/h2-6,9-10,12-13H,7-8,11H2,1H3,(H,22,23). The van der Waals surface area contributed by atoms with Crippen LogP contribution in [-0.4, -0.2) is 15.6 Å². The molecule has 24 heavy (non-hydrogen) atoms. The number of carbonyl (C=O) groups is 1. The zero-order chi connectivity index (χ0) is 16.7. The first kappa shape index (κ1) is 14.8. The van der Waals surface area contributed by atoms with Crippen molar-refractivity contribution in [2.75, 3.05) is 0 Å². The van der Waals surface area contributed by atoms with Gasteiger partial charge in [0.2, 0.25) is 11.6 Å². The summed E-state index contributed by atoms with van der Waals surface area (Å²) in [7, 11) is 0. The van der Waals surface area contributed by atoms with Crippen molar-refractivity contribution in [1.29, 1.82) is 0 Å². The van der Waals surface area contributed by atoms with E-state index in [1.165, 1.54) is 17.3 Å². The molecule has 2 heterocycles. The molecule has 1 aliphatic carbocycles. The van der Waals surface area contributed by atoms with E-state index >= 15 is 0 Å². The van der Waals surface area contributed by atoms with Gasteiger partial charge in [0.15, 0.2) is 0 Å². The molecule has 1 atom stereocenters. The molecule has 0 aliphatic heterocycles. The summed E-state index contributed by atoms with van der Waals surface area (Å²) in [4.78, 5) is 11.2. The fourth-order valence-corrected chi connectivity index (χ4v) is 3.55. The molecule has 4 nitrogen and oxygen atoms in total. The lowest BCUT2D eigenvalue weighted by atomic mass is 9.89. The van der Waals surface area contributed by atoms with Crippen molar-refractivity contribution in [3.8, 4) is 17.1 Å². The van der Waals surface area contributed by atoms with Crippen molar-refractivity contribution >= 4 is 5.97 Å². The smallest absolute Gasteiger partial charge is 0.371 e. The Bertz CT molecular complexity index is 889. The van der Waals surface area contributed by atoms with Gasteiger partial charge >= 0.3 is 5.97 Å². The highest BCUT2D eigenvalue weighted by Crippen LogP contribution is 2.35. The van der Waals surface area contributed by atoms with E-state index in [1.807, 2.05) is 18.2 Å². The Morgan fingerprint density at radius 2 is 2.00 bits per heavy atom. The fourth-order valence-electron chi connectivity index (χ4n) is 3.55. The van der Waals surface area contributed by atoms with Crippen LogP contribution in [0.25, 0.3) is 17.1 Å². The lowest BCUT2D eigenvalue weighted by Gasteiger charge is -2.20. The van der Waals surface area contributed by atoms with E-state index in [1.54, 1.807) is 6.07 Å². The lowest BCUT2D eigenvalue weighted by molar-refractivity contribution is 0.0662. The average molecular weight is 321 g/mol. The molecule has 0 radical (unpaired) electrons. The quantitative estimate of drug-likeness (QED) is 0.769. The van der Waals surface area contributed by atoms with Gasteiger partial charge in [0, 0.05) is 11.8 Å². The topological polar surface area (TPSA) is 55.4 Å². The monoisotopic (exact) mass is 321 g/mol. The summed E-state index contributed by atoms with van der Waals surface area (Å²) in [6.45, 7) is 2.28. The Morgan fingerprint density at radius 3 is 2.71 bits per heavy atom. The van der Waals surface area contributed by atoms with E-state index in [0.29, 0.717) is 11.8 Å². The normalized spacial score (nSPS) is 16.8. The van der Waals surface area contributed by atoms with Gasteiger partial charge in [-0.25, -0.2) is 4.79 Å². The minimum absolute atomic E-state index is 0.0318. The minimum atomic E-state index is -1.04. The van der Waals surface area contributed by atoms with E-state index in [9.17, 15) is 4.79 Å². The summed E-state index contributed by atoms with van der Waals surface area (Å²) < 4.78 is 7.69. The van der Waals surface area contributed by atoms with Gasteiger partial charge in [-0.3, -0.25) is 4.57 Å². The van der Waals surface area contributed by atoms with Crippen molar-refractivity contribution in [1.82, 2.24) is 4.57 Å². The van der Waals surface area contributed by atoms with Gasteiger partial charge in [0.1, 0.15) is 0 Å². The maximum Gasteiger partial charge on any atom is 0.371 e. The second-order valence-electron chi connectivity index (χ2n) is 6.49. The van der Waals surface area contributed by atoms with Crippen LogP contribution in [-0.2, 0) is 12.8 Å². The molecule has 1 aromatic carbocycles. The highest BCUT2D eigenvalue weighted by molar-refractivity contribution is 5.84. The average Bonchev–Trinajstić information content (AvgIpc) is 3.19. The second kappa shape index (κ2) is 5.71. The van der Waals surface area contributed by atoms with E-state index in [0.717, 1.165) is 30.5 Å². The van der Waals surface area contributed by atoms with Crippen LogP contribution in [0.1, 0.15) is 35.2 Å². The molecular weight excluding hydrogens is 302 g/mol. The first-order valence-corrected chi connectivity index (χ1v) is 8.26. The number of carboxylic acid groups (broad SMARTS) is 1. The predicted octanol–water partition coefficient (Wildman–Crippen LogP) is 4.56. The summed E-state index contributed by atoms with van der Waals surface area (Å²) in [6, 6.07) is 15.7. The largest absolute Gasteiger partial charge is 0.475 e. The van der Waals surface area contributed by atoms with Crippen molar-refractivity contribution in [3.05, 3.63) is 65.5 Å². The van der Waals surface area contributed by atoms with Crippen LogP contribution >= 0.6 is 0 Å². The number of nitrogens with zero attached hydrogens (tertiary/aromatic N) is 1. The molecule has 3 aromatic rings. The Balaban J connectivity index is 1.91. The Kier molecular flexibility index (Phi) is 3.53. The van der Waals surface area contributed by atoms with Crippen LogP contribution in [0.5, 0.6) is 0 Å². The van der Waals surface area contributed by atoms with Gasteiger partial charge in [-0.05, 0) is 48.4 Å². The van der Waals surface area contributed by atoms with Crippen LogP contribution in [0.4, 0.5) is 0 Å². The molecule has 2 aromatic heterocycles. The molecule has 4 heteroatoms. The molecule has 0 amide bonds. The van der Waals surface area contributed by atoms with Gasteiger partial charge in [0.05, 0.1) is 5.69 Å². The van der Waals surface area contributed by atoms with E-state index in [-0.39, 0.29) is 5.76 Å². The zero-order valence-electron chi connectivity index (χ0n) is 13.5. The maximum absolute atomic E-state index is 11.2. The van der Waals surface area contributed by atoms with Crippen LogP contribution in [0.15, 0.2) is 52.9 Å². The molecule has 122 valence electrons. The third kappa shape index (κ3) is 2.44. The van der Waals surface area contributed by atoms with Crippen molar-refractivity contribution in [2.45, 2.75) is 26.2 Å². The Morgan fingerprint density at radius 1 is 1.21 bits per heavy atom. The lowest BCUT2D eigenvalue weighted by Crippen LogP contribution is -2.13. The molecule has 0 fully saturated rings. The molecule has 0 bridgehead atoms. The Hall–Kier alpha value is -2.75. The first-order chi connectivity index (χ1) is 11.6. The summed E-state index contributed by atoms with van der Waals surface area (Å²) in [6.07, 6.45) is 3.17. The molecule has 1 unspecified atom stereocenters. The highest BCUT2D eigenvalue weighted by Gasteiger charge is 2.25. The number of furan rings is 1. The molecule has 4 rings (SSSR count). The number of hydrogen-bond donors (Lipinski definition) is 1. The molecule has 1 N–H and O–H groups in total. The molecule has 0 spiro atoms. The van der Waals surface area contributed by atoms with Crippen molar-refractivity contribution < 1.29 is 14.3 Å². The summed E-state index contributed by atoms with van der Waals surface area (Å²) in [5.41, 5.74) is 4.73. The van der Waals surface area contributed by atoms with Gasteiger partial charge in [0.25, 0.3) is 0 Å². The first-order valence-electron chi connectivity index (χ1n) is 8.26.